The molecular weight excluding hydrogens is 374 g/mol. The van der Waals surface area contributed by atoms with Gasteiger partial charge in [0.05, 0.1) is 23.1 Å². The first-order valence-electron chi connectivity index (χ1n) is 7.78. The number of nitrogens with zero attached hydrogens (tertiary/aromatic N) is 2. The second-order valence-corrected chi connectivity index (χ2v) is 5.86. The predicted molar refractivity (Wildman–Crippen MR) is 101 cm³/mol. The number of fused-ring (bicyclic) bond motifs is 1. The summed E-state index contributed by atoms with van der Waals surface area (Å²) in [6.07, 6.45) is 1.50. The molecule has 0 radical (unpaired) electrons. The lowest BCUT2D eigenvalue weighted by Crippen LogP contribution is -2.20. The first kappa shape index (κ1) is 18.4. The van der Waals surface area contributed by atoms with Gasteiger partial charge in [-0.05, 0) is 36.4 Å². The summed E-state index contributed by atoms with van der Waals surface area (Å²) in [5.74, 6) is 0.276. The summed E-state index contributed by atoms with van der Waals surface area (Å²) in [5, 5.41) is 14.6. The van der Waals surface area contributed by atoms with E-state index in [1.165, 1.54) is 25.4 Å². The Labute approximate surface area is 158 Å². The Morgan fingerprint density at radius 1 is 1.26 bits per heavy atom. The van der Waals surface area contributed by atoms with Gasteiger partial charge in [0.2, 0.25) is 0 Å². The molecule has 0 bridgehead atoms. The number of carbonyl (C=O) groups excluding carboxylic acids is 1. The van der Waals surface area contributed by atoms with E-state index in [0.29, 0.717) is 27.4 Å². The van der Waals surface area contributed by atoms with E-state index >= 15 is 0 Å². The number of carbonyl (C=O) groups is 1. The molecule has 0 aliphatic carbocycles. The number of ether oxygens (including phenoxy) is 2. The smallest absolute Gasteiger partial charge is 0.279 e. The molecule has 2 aromatic carbocycles. The van der Waals surface area contributed by atoms with Crippen molar-refractivity contribution in [1.29, 1.82) is 0 Å². The fourth-order valence-electron chi connectivity index (χ4n) is 2.51. The van der Waals surface area contributed by atoms with Gasteiger partial charge in [-0.15, -0.1) is 0 Å². The molecule has 0 atom stereocenters. The van der Waals surface area contributed by atoms with Gasteiger partial charge in [-0.25, -0.2) is 0 Å². The highest BCUT2D eigenvalue weighted by Gasteiger charge is 2.17. The van der Waals surface area contributed by atoms with Gasteiger partial charge in [0.25, 0.3) is 11.6 Å². The minimum Gasteiger partial charge on any atom is -0.495 e. The van der Waals surface area contributed by atoms with Gasteiger partial charge in [-0.3, -0.25) is 19.9 Å². The zero-order valence-electron chi connectivity index (χ0n) is 14.1. The number of rotatable bonds is 6. The van der Waals surface area contributed by atoms with Crippen LogP contribution in [0.4, 0.5) is 11.4 Å². The highest BCUT2D eigenvalue weighted by atomic mass is 35.5. The quantitative estimate of drug-likeness (QED) is 0.509. The van der Waals surface area contributed by atoms with Crippen molar-refractivity contribution in [3.8, 4) is 11.5 Å². The lowest BCUT2D eigenvalue weighted by molar-refractivity contribution is -0.383. The van der Waals surface area contributed by atoms with Crippen LogP contribution in [0.2, 0.25) is 5.02 Å². The van der Waals surface area contributed by atoms with Crippen LogP contribution in [0.3, 0.4) is 0 Å². The van der Waals surface area contributed by atoms with Crippen molar-refractivity contribution in [2.75, 3.05) is 19.0 Å². The normalized spacial score (nSPS) is 10.4. The summed E-state index contributed by atoms with van der Waals surface area (Å²) in [6, 6.07) is 10.7. The molecule has 138 valence electrons. The number of aromatic nitrogens is 1. The number of benzene rings is 2. The van der Waals surface area contributed by atoms with Gasteiger partial charge in [-0.2, -0.15) is 0 Å². The summed E-state index contributed by atoms with van der Waals surface area (Å²) in [4.78, 5) is 27.0. The van der Waals surface area contributed by atoms with E-state index in [1.54, 1.807) is 30.3 Å². The Morgan fingerprint density at radius 3 is 2.78 bits per heavy atom. The molecule has 27 heavy (non-hydrogen) atoms. The Hall–Kier alpha value is -3.39. The molecule has 1 aromatic heterocycles. The minimum absolute atomic E-state index is 0.0847. The third-order valence-electron chi connectivity index (χ3n) is 3.70. The van der Waals surface area contributed by atoms with Gasteiger partial charge in [0.1, 0.15) is 17.0 Å². The largest absolute Gasteiger partial charge is 0.495 e. The van der Waals surface area contributed by atoms with Crippen LogP contribution in [-0.2, 0) is 4.79 Å². The van der Waals surface area contributed by atoms with Crippen LogP contribution >= 0.6 is 11.6 Å². The Bertz CT molecular complexity index is 1030. The third-order valence-corrected chi connectivity index (χ3v) is 3.94. The summed E-state index contributed by atoms with van der Waals surface area (Å²) in [5.41, 5.74) is 0.628. The standard InChI is InChI=1S/C18H14ClN3O5/c1-26-15-6-4-11(19)9-13(15)21-17(23)10-27-16-7-5-14(22(24)25)12-3-2-8-20-18(12)16/h2-9H,10H2,1H3,(H,21,23). The molecule has 8 nitrogen and oxygen atoms in total. The summed E-state index contributed by atoms with van der Waals surface area (Å²) in [7, 11) is 1.48. The van der Waals surface area contributed by atoms with E-state index < -0.39 is 10.8 Å². The molecule has 0 fully saturated rings. The average molecular weight is 388 g/mol. The van der Waals surface area contributed by atoms with Gasteiger partial charge < -0.3 is 14.8 Å². The van der Waals surface area contributed by atoms with Crippen molar-refractivity contribution in [2.24, 2.45) is 0 Å². The number of hydrogen-bond acceptors (Lipinski definition) is 6. The first-order valence-corrected chi connectivity index (χ1v) is 8.15. The summed E-state index contributed by atoms with van der Waals surface area (Å²) >= 11 is 5.93. The average Bonchev–Trinajstić information content (AvgIpc) is 2.66. The van der Waals surface area contributed by atoms with Crippen LogP contribution in [0.15, 0.2) is 48.7 Å². The molecule has 0 aliphatic rings. The fourth-order valence-corrected chi connectivity index (χ4v) is 2.69. The molecule has 0 spiro atoms. The number of methoxy groups -OCH3 is 1. The topological polar surface area (TPSA) is 104 Å². The molecule has 3 aromatic rings. The summed E-state index contributed by atoms with van der Waals surface area (Å²) < 4.78 is 10.7. The van der Waals surface area contributed by atoms with E-state index in [2.05, 4.69) is 10.3 Å². The Kier molecular flexibility index (Phi) is 5.37. The molecule has 0 unspecified atom stereocenters. The Balaban J connectivity index is 1.77. The number of anilines is 1. The van der Waals surface area contributed by atoms with E-state index in [4.69, 9.17) is 21.1 Å². The molecule has 0 saturated carbocycles. The van der Waals surface area contributed by atoms with Crippen LogP contribution < -0.4 is 14.8 Å². The number of amides is 1. The predicted octanol–water partition coefficient (Wildman–Crippen LogP) is 3.82. The first-order chi connectivity index (χ1) is 13.0. The number of nitrogens with one attached hydrogen (secondary N) is 1. The van der Waals surface area contributed by atoms with Gasteiger partial charge in [0.15, 0.2) is 6.61 Å². The van der Waals surface area contributed by atoms with Crippen molar-refractivity contribution in [1.82, 2.24) is 4.98 Å². The van der Waals surface area contributed by atoms with Gasteiger partial charge in [-0.1, -0.05) is 11.6 Å². The lowest BCUT2D eigenvalue weighted by Gasteiger charge is -2.12. The van der Waals surface area contributed by atoms with Crippen molar-refractivity contribution in [2.45, 2.75) is 0 Å². The second kappa shape index (κ2) is 7.88. The van der Waals surface area contributed by atoms with Crippen LogP contribution in [0.25, 0.3) is 10.9 Å². The number of non-ortho nitro benzene ring substituents is 1. The summed E-state index contributed by atoms with van der Waals surface area (Å²) in [6.45, 7) is -0.320. The number of halogens is 1. The van der Waals surface area contributed by atoms with Crippen molar-refractivity contribution < 1.29 is 19.2 Å². The minimum atomic E-state index is -0.494. The zero-order valence-corrected chi connectivity index (χ0v) is 14.9. The number of nitro benzene ring substituents is 1. The fraction of sp³-hybridized carbons (Fsp3) is 0.111. The molecule has 9 heteroatoms. The maximum atomic E-state index is 12.2. The monoisotopic (exact) mass is 387 g/mol. The number of hydrogen-bond donors (Lipinski definition) is 1. The highest BCUT2D eigenvalue weighted by molar-refractivity contribution is 6.31. The van der Waals surface area contributed by atoms with Crippen LogP contribution in [0, 0.1) is 10.1 Å². The van der Waals surface area contributed by atoms with E-state index in [1.807, 2.05) is 0 Å². The van der Waals surface area contributed by atoms with Crippen molar-refractivity contribution in [3.63, 3.8) is 0 Å². The second-order valence-electron chi connectivity index (χ2n) is 5.42. The van der Waals surface area contributed by atoms with Crippen molar-refractivity contribution >= 4 is 39.8 Å². The van der Waals surface area contributed by atoms with Crippen LogP contribution in [0.5, 0.6) is 11.5 Å². The molecule has 0 saturated heterocycles. The van der Waals surface area contributed by atoms with E-state index in [0.717, 1.165) is 0 Å². The zero-order chi connectivity index (χ0) is 19.4. The number of pyridine rings is 1. The number of nitro groups is 1. The maximum absolute atomic E-state index is 12.2. The van der Waals surface area contributed by atoms with E-state index in [-0.39, 0.29) is 18.0 Å². The van der Waals surface area contributed by atoms with Crippen LogP contribution in [-0.4, -0.2) is 29.5 Å². The van der Waals surface area contributed by atoms with Crippen molar-refractivity contribution in [3.05, 3.63) is 63.8 Å². The lowest BCUT2D eigenvalue weighted by atomic mass is 10.1. The Morgan fingerprint density at radius 2 is 2.04 bits per heavy atom. The molecule has 1 N–H and O–H groups in total. The molecular formula is C18H14ClN3O5. The molecule has 0 aliphatic heterocycles. The molecule has 1 heterocycles. The van der Waals surface area contributed by atoms with E-state index in [9.17, 15) is 14.9 Å². The van der Waals surface area contributed by atoms with Gasteiger partial charge in [0, 0.05) is 17.3 Å². The van der Waals surface area contributed by atoms with Gasteiger partial charge >= 0.3 is 0 Å². The SMILES string of the molecule is COc1ccc(Cl)cc1NC(=O)COc1ccc([N+](=O)[O-])c2cccnc12. The molecule has 3 rings (SSSR count). The molecule has 1 amide bonds. The van der Waals surface area contributed by atoms with Crippen LogP contribution in [0.1, 0.15) is 0 Å². The highest BCUT2D eigenvalue weighted by Crippen LogP contribution is 2.31. The maximum Gasteiger partial charge on any atom is 0.279 e. The third kappa shape index (κ3) is 4.06.